The van der Waals surface area contributed by atoms with Crippen LogP contribution in [-0.2, 0) is 4.74 Å². The molecular weight excluding hydrogens is 308 g/mol. The maximum atomic E-state index is 12.7. The second-order valence-corrected chi connectivity index (χ2v) is 6.85. The first-order valence-electron chi connectivity index (χ1n) is 8.05. The van der Waals surface area contributed by atoms with Crippen molar-refractivity contribution in [1.29, 1.82) is 0 Å². The summed E-state index contributed by atoms with van der Waals surface area (Å²) in [7, 11) is 0. The van der Waals surface area contributed by atoms with Crippen LogP contribution in [0.15, 0.2) is 30.5 Å². The van der Waals surface area contributed by atoms with E-state index in [1.165, 1.54) is 4.68 Å². The standard InChI is InChI=1S/C17H22N4O3/c1-17(2,3)24-16(23)20-10-8-19(9-11-20)15(22)21-14-7-5-4-6-13(14)12-18-21/h4-7,12H,8-11H2,1-3H3. The van der Waals surface area contributed by atoms with Gasteiger partial charge in [0.15, 0.2) is 0 Å². The lowest BCUT2D eigenvalue weighted by atomic mass is 10.2. The first-order chi connectivity index (χ1) is 11.3. The van der Waals surface area contributed by atoms with E-state index in [9.17, 15) is 9.59 Å². The van der Waals surface area contributed by atoms with E-state index in [4.69, 9.17) is 4.74 Å². The normalized spacial score (nSPS) is 15.6. The van der Waals surface area contributed by atoms with Gasteiger partial charge in [-0.1, -0.05) is 18.2 Å². The topological polar surface area (TPSA) is 67.7 Å². The zero-order chi connectivity index (χ0) is 17.3. The van der Waals surface area contributed by atoms with Crippen molar-refractivity contribution in [2.24, 2.45) is 0 Å². The molecule has 24 heavy (non-hydrogen) atoms. The van der Waals surface area contributed by atoms with E-state index in [0.29, 0.717) is 26.2 Å². The van der Waals surface area contributed by atoms with Crippen LogP contribution >= 0.6 is 0 Å². The summed E-state index contributed by atoms with van der Waals surface area (Å²) in [5.74, 6) is 0. The monoisotopic (exact) mass is 330 g/mol. The number of benzene rings is 1. The molecule has 0 unspecified atom stereocenters. The minimum atomic E-state index is -0.516. The van der Waals surface area contributed by atoms with Gasteiger partial charge in [0.1, 0.15) is 5.60 Å². The van der Waals surface area contributed by atoms with E-state index in [1.54, 1.807) is 16.0 Å². The molecule has 1 aliphatic rings. The van der Waals surface area contributed by atoms with Gasteiger partial charge in [0, 0.05) is 31.6 Å². The molecule has 1 saturated heterocycles. The van der Waals surface area contributed by atoms with Gasteiger partial charge < -0.3 is 14.5 Å². The third-order valence-corrected chi connectivity index (χ3v) is 3.86. The number of para-hydroxylation sites is 1. The van der Waals surface area contributed by atoms with Gasteiger partial charge in [0.25, 0.3) is 0 Å². The average Bonchev–Trinajstić information content (AvgIpc) is 2.97. The van der Waals surface area contributed by atoms with E-state index < -0.39 is 5.60 Å². The van der Waals surface area contributed by atoms with E-state index in [0.717, 1.165) is 10.9 Å². The number of piperazine rings is 1. The number of hydrogen-bond acceptors (Lipinski definition) is 4. The molecule has 1 aliphatic heterocycles. The van der Waals surface area contributed by atoms with Crippen molar-refractivity contribution in [1.82, 2.24) is 19.6 Å². The first kappa shape index (κ1) is 16.3. The maximum Gasteiger partial charge on any atom is 0.410 e. The lowest BCUT2D eigenvalue weighted by molar-refractivity contribution is 0.0170. The smallest absolute Gasteiger partial charge is 0.410 e. The molecule has 0 saturated carbocycles. The number of aromatic nitrogens is 2. The molecule has 1 aromatic carbocycles. The quantitative estimate of drug-likeness (QED) is 0.744. The van der Waals surface area contributed by atoms with Gasteiger partial charge in [0.2, 0.25) is 0 Å². The van der Waals surface area contributed by atoms with E-state index in [-0.39, 0.29) is 12.1 Å². The Kier molecular flexibility index (Phi) is 4.17. The molecule has 0 aliphatic carbocycles. The number of rotatable bonds is 0. The molecule has 128 valence electrons. The number of fused-ring (bicyclic) bond motifs is 1. The summed E-state index contributed by atoms with van der Waals surface area (Å²) in [5.41, 5.74) is 0.273. The van der Waals surface area contributed by atoms with Crippen LogP contribution in [0.5, 0.6) is 0 Å². The maximum absolute atomic E-state index is 12.7. The largest absolute Gasteiger partial charge is 0.444 e. The van der Waals surface area contributed by atoms with Gasteiger partial charge in [-0.05, 0) is 26.8 Å². The Balaban J connectivity index is 1.64. The third-order valence-electron chi connectivity index (χ3n) is 3.86. The lowest BCUT2D eigenvalue weighted by Crippen LogP contribution is -2.52. The summed E-state index contributed by atoms with van der Waals surface area (Å²) in [4.78, 5) is 28.1. The molecule has 0 spiro atoms. The van der Waals surface area contributed by atoms with E-state index in [1.807, 2.05) is 45.0 Å². The number of amides is 2. The number of nitrogens with zero attached hydrogens (tertiary/aromatic N) is 4. The van der Waals surface area contributed by atoms with Crippen LogP contribution in [0.25, 0.3) is 10.9 Å². The zero-order valence-corrected chi connectivity index (χ0v) is 14.2. The summed E-state index contributed by atoms with van der Waals surface area (Å²) < 4.78 is 6.78. The zero-order valence-electron chi connectivity index (χ0n) is 14.2. The van der Waals surface area contributed by atoms with Gasteiger partial charge in [-0.2, -0.15) is 9.78 Å². The summed E-state index contributed by atoms with van der Waals surface area (Å²) in [5, 5.41) is 5.12. The summed E-state index contributed by atoms with van der Waals surface area (Å²) in [6, 6.07) is 7.43. The minimum Gasteiger partial charge on any atom is -0.444 e. The fourth-order valence-corrected chi connectivity index (χ4v) is 2.66. The minimum absolute atomic E-state index is 0.167. The number of ether oxygens (including phenoxy) is 1. The molecule has 0 N–H and O–H groups in total. The predicted molar refractivity (Wildman–Crippen MR) is 89.9 cm³/mol. The van der Waals surface area contributed by atoms with Crippen LogP contribution in [0.4, 0.5) is 9.59 Å². The highest BCUT2D eigenvalue weighted by Gasteiger charge is 2.28. The van der Waals surface area contributed by atoms with Gasteiger partial charge in [-0.3, -0.25) is 0 Å². The highest BCUT2D eigenvalue weighted by Crippen LogP contribution is 2.15. The molecule has 7 heteroatoms. The highest BCUT2D eigenvalue weighted by molar-refractivity contribution is 5.89. The van der Waals surface area contributed by atoms with Gasteiger partial charge in [-0.15, -0.1) is 0 Å². The summed E-state index contributed by atoms with van der Waals surface area (Å²) in [6.07, 6.45) is 1.35. The molecule has 2 amide bonds. The molecule has 3 rings (SSSR count). The van der Waals surface area contributed by atoms with Crippen LogP contribution in [0.2, 0.25) is 0 Å². The van der Waals surface area contributed by atoms with E-state index >= 15 is 0 Å². The predicted octanol–water partition coefficient (Wildman–Crippen LogP) is 2.56. The molecule has 1 fully saturated rings. The van der Waals surface area contributed by atoms with Crippen LogP contribution in [0, 0.1) is 0 Å². The van der Waals surface area contributed by atoms with Crippen LogP contribution in [0.3, 0.4) is 0 Å². The summed E-state index contributed by atoms with van der Waals surface area (Å²) in [6.45, 7) is 7.37. The van der Waals surface area contributed by atoms with Crippen molar-refractivity contribution in [3.8, 4) is 0 Å². The van der Waals surface area contributed by atoms with Gasteiger partial charge in [0.05, 0.1) is 11.7 Å². The number of carbonyl (C=O) groups excluding carboxylic acids is 2. The van der Waals surface area contributed by atoms with Crippen LogP contribution < -0.4 is 0 Å². The van der Waals surface area contributed by atoms with Crippen molar-refractivity contribution in [3.63, 3.8) is 0 Å². The van der Waals surface area contributed by atoms with Crippen molar-refractivity contribution in [3.05, 3.63) is 30.5 Å². The van der Waals surface area contributed by atoms with Crippen molar-refractivity contribution >= 4 is 23.0 Å². The Morgan fingerprint density at radius 1 is 1.04 bits per heavy atom. The fourth-order valence-electron chi connectivity index (χ4n) is 2.66. The Morgan fingerprint density at radius 3 is 2.33 bits per heavy atom. The molecule has 1 aromatic heterocycles. The Hall–Kier alpha value is -2.57. The van der Waals surface area contributed by atoms with Crippen molar-refractivity contribution in [2.45, 2.75) is 26.4 Å². The van der Waals surface area contributed by atoms with Crippen LogP contribution in [0.1, 0.15) is 20.8 Å². The van der Waals surface area contributed by atoms with Gasteiger partial charge in [-0.25, -0.2) is 9.59 Å². The Labute approximate surface area is 140 Å². The molecule has 0 atom stereocenters. The molecule has 7 nitrogen and oxygen atoms in total. The van der Waals surface area contributed by atoms with Crippen molar-refractivity contribution < 1.29 is 14.3 Å². The highest BCUT2D eigenvalue weighted by atomic mass is 16.6. The van der Waals surface area contributed by atoms with Crippen molar-refractivity contribution in [2.75, 3.05) is 26.2 Å². The molecule has 2 heterocycles. The fraction of sp³-hybridized carbons (Fsp3) is 0.471. The number of carbonyl (C=O) groups is 2. The lowest BCUT2D eigenvalue weighted by Gasteiger charge is -2.35. The third kappa shape index (κ3) is 3.34. The molecular formula is C17H22N4O3. The van der Waals surface area contributed by atoms with Crippen LogP contribution in [-0.4, -0.2) is 63.5 Å². The molecule has 0 radical (unpaired) electrons. The first-order valence-corrected chi connectivity index (χ1v) is 8.05. The number of hydrogen-bond donors (Lipinski definition) is 0. The van der Waals surface area contributed by atoms with E-state index in [2.05, 4.69) is 5.10 Å². The average molecular weight is 330 g/mol. The summed E-state index contributed by atoms with van der Waals surface area (Å²) >= 11 is 0. The Bertz CT molecular complexity index is 755. The second kappa shape index (κ2) is 6.14. The SMILES string of the molecule is CC(C)(C)OC(=O)N1CCN(C(=O)n2ncc3ccccc32)CC1. The second-order valence-electron chi connectivity index (χ2n) is 6.85. The van der Waals surface area contributed by atoms with Gasteiger partial charge >= 0.3 is 12.1 Å². The molecule has 0 bridgehead atoms. The molecule has 2 aromatic rings. The Morgan fingerprint density at radius 2 is 1.67 bits per heavy atom.